The van der Waals surface area contributed by atoms with Crippen molar-refractivity contribution in [1.82, 2.24) is 0 Å². The van der Waals surface area contributed by atoms with E-state index in [2.05, 4.69) is 0 Å². The van der Waals surface area contributed by atoms with Crippen molar-refractivity contribution in [3.05, 3.63) is 103 Å². The summed E-state index contributed by atoms with van der Waals surface area (Å²) in [5, 5.41) is 11.4. The molecule has 166 valence electrons. The molecule has 1 aromatic heterocycles. The van der Waals surface area contributed by atoms with Gasteiger partial charge in [-0.25, -0.2) is 4.79 Å². The van der Waals surface area contributed by atoms with Gasteiger partial charge in [-0.15, -0.1) is 0 Å². The van der Waals surface area contributed by atoms with Crippen molar-refractivity contribution < 1.29 is 23.6 Å². The monoisotopic (exact) mass is 445 g/mol. The lowest BCUT2D eigenvalue weighted by Crippen LogP contribution is -2.11. The Morgan fingerprint density at radius 1 is 0.970 bits per heavy atom. The highest BCUT2D eigenvalue weighted by Crippen LogP contribution is 2.27. The number of nitrogens with zero attached hydrogens (tertiary/aromatic N) is 1. The van der Waals surface area contributed by atoms with E-state index in [4.69, 9.17) is 13.9 Å². The predicted molar refractivity (Wildman–Crippen MR) is 121 cm³/mol. The molecule has 0 aliphatic carbocycles. The Balaban J connectivity index is 1.61. The van der Waals surface area contributed by atoms with E-state index in [-0.39, 0.29) is 44.7 Å². The maximum absolute atomic E-state index is 12.8. The van der Waals surface area contributed by atoms with Gasteiger partial charge in [0.1, 0.15) is 23.3 Å². The van der Waals surface area contributed by atoms with E-state index in [9.17, 15) is 19.7 Å². The lowest BCUT2D eigenvalue weighted by atomic mass is 10.1. The van der Waals surface area contributed by atoms with Gasteiger partial charge in [-0.2, -0.15) is 0 Å². The number of fused-ring (bicyclic) bond motifs is 1. The molecule has 0 saturated heterocycles. The summed E-state index contributed by atoms with van der Waals surface area (Å²) in [6.07, 6.45) is 1.21. The molecule has 8 nitrogen and oxygen atoms in total. The second-order valence-electron chi connectivity index (χ2n) is 7.61. The minimum absolute atomic E-state index is 0.0319. The van der Waals surface area contributed by atoms with Crippen LogP contribution >= 0.6 is 0 Å². The highest BCUT2D eigenvalue weighted by molar-refractivity contribution is 5.94. The third-order valence-electron chi connectivity index (χ3n) is 5.07. The maximum atomic E-state index is 12.8. The van der Waals surface area contributed by atoms with E-state index < -0.39 is 10.9 Å². The molecular formula is C25H19NO7. The molecule has 33 heavy (non-hydrogen) atoms. The lowest BCUT2D eigenvalue weighted by Gasteiger charge is -2.09. The molecule has 4 aromatic rings. The van der Waals surface area contributed by atoms with Crippen LogP contribution in [0.15, 0.2) is 70.1 Å². The van der Waals surface area contributed by atoms with E-state index in [0.29, 0.717) is 5.75 Å². The van der Waals surface area contributed by atoms with Crippen LogP contribution in [0.1, 0.15) is 27.0 Å². The van der Waals surface area contributed by atoms with Crippen LogP contribution < -0.4 is 14.9 Å². The van der Waals surface area contributed by atoms with Crippen LogP contribution in [0.2, 0.25) is 0 Å². The van der Waals surface area contributed by atoms with Gasteiger partial charge in [0.25, 0.3) is 5.69 Å². The largest absolute Gasteiger partial charge is 0.460 e. The fourth-order valence-corrected chi connectivity index (χ4v) is 3.55. The summed E-state index contributed by atoms with van der Waals surface area (Å²) in [4.78, 5) is 36.0. The van der Waals surface area contributed by atoms with Crippen LogP contribution in [0.3, 0.4) is 0 Å². The SMILES string of the molecule is Cc1cc(C)cc(Oc2coc3cc(OC(=O)c4cccc([N+](=O)[O-])c4C)ccc3c2=O)c1. The first-order valence-electron chi connectivity index (χ1n) is 10.0. The summed E-state index contributed by atoms with van der Waals surface area (Å²) < 4.78 is 16.6. The number of aryl methyl sites for hydroxylation is 2. The standard InChI is InChI=1S/C25H19NO7/c1-14-9-15(2)11-18(10-14)32-23-13-31-22-12-17(7-8-20(22)24(23)27)33-25(28)19-5-4-6-21(16(19)3)26(29)30/h4-13H,1-3H3. The normalized spacial score (nSPS) is 10.8. The van der Waals surface area contributed by atoms with Gasteiger partial charge in [0.15, 0.2) is 0 Å². The van der Waals surface area contributed by atoms with Gasteiger partial charge < -0.3 is 13.9 Å². The molecule has 0 unspecified atom stereocenters. The molecule has 0 radical (unpaired) electrons. The van der Waals surface area contributed by atoms with Crippen LogP contribution in [0, 0.1) is 30.9 Å². The van der Waals surface area contributed by atoms with E-state index in [1.165, 1.54) is 49.6 Å². The molecule has 8 heteroatoms. The van der Waals surface area contributed by atoms with E-state index in [0.717, 1.165) is 11.1 Å². The van der Waals surface area contributed by atoms with Crippen LogP contribution in [0.25, 0.3) is 11.0 Å². The van der Waals surface area contributed by atoms with Gasteiger partial charge in [-0.3, -0.25) is 14.9 Å². The molecule has 1 heterocycles. The van der Waals surface area contributed by atoms with Crippen molar-refractivity contribution in [1.29, 1.82) is 0 Å². The second-order valence-corrected chi connectivity index (χ2v) is 7.61. The van der Waals surface area contributed by atoms with Gasteiger partial charge in [-0.05, 0) is 62.2 Å². The van der Waals surface area contributed by atoms with Crippen LogP contribution in [0.5, 0.6) is 17.2 Å². The van der Waals surface area contributed by atoms with Gasteiger partial charge in [0.05, 0.1) is 15.9 Å². The van der Waals surface area contributed by atoms with Gasteiger partial charge in [-0.1, -0.05) is 12.1 Å². The fourth-order valence-electron chi connectivity index (χ4n) is 3.55. The zero-order chi connectivity index (χ0) is 23.7. The molecule has 0 fully saturated rings. The average molecular weight is 445 g/mol. The Morgan fingerprint density at radius 2 is 1.70 bits per heavy atom. The number of carbonyl (C=O) groups excluding carboxylic acids is 1. The van der Waals surface area contributed by atoms with E-state index in [1.54, 1.807) is 0 Å². The number of nitro benzene ring substituents is 1. The van der Waals surface area contributed by atoms with Crippen molar-refractivity contribution in [3.8, 4) is 17.2 Å². The smallest absolute Gasteiger partial charge is 0.344 e. The summed E-state index contributed by atoms with van der Waals surface area (Å²) in [5.41, 5.74) is 1.93. The summed E-state index contributed by atoms with van der Waals surface area (Å²) in [6.45, 7) is 5.34. The van der Waals surface area contributed by atoms with Crippen molar-refractivity contribution in [2.24, 2.45) is 0 Å². The molecule has 0 atom stereocenters. The number of esters is 1. The highest BCUT2D eigenvalue weighted by Gasteiger charge is 2.20. The number of carbonyl (C=O) groups is 1. The zero-order valence-electron chi connectivity index (χ0n) is 18.1. The van der Waals surface area contributed by atoms with Crippen LogP contribution in [0.4, 0.5) is 5.69 Å². The highest BCUT2D eigenvalue weighted by atomic mass is 16.6. The van der Waals surface area contributed by atoms with Gasteiger partial charge in [0.2, 0.25) is 11.2 Å². The first-order valence-corrected chi connectivity index (χ1v) is 10.0. The number of nitro groups is 1. The average Bonchev–Trinajstić information content (AvgIpc) is 2.75. The molecule has 0 spiro atoms. The number of hydrogen-bond donors (Lipinski definition) is 0. The first kappa shape index (κ1) is 21.8. The van der Waals surface area contributed by atoms with Gasteiger partial charge >= 0.3 is 5.97 Å². The van der Waals surface area contributed by atoms with E-state index >= 15 is 0 Å². The Labute approximate surface area is 188 Å². The summed E-state index contributed by atoms with van der Waals surface area (Å²) in [5.74, 6) is -0.0707. The summed E-state index contributed by atoms with van der Waals surface area (Å²) >= 11 is 0. The summed E-state index contributed by atoms with van der Waals surface area (Å²) in [6, 6.07) is 14.1. The first-order chi connectivity index (χ1) is 15.7. The zero-order valence-corrected chi connectivity index (χ0v) is 18.1. The minimum atomic E-state index is -0.757. The molecule has 3 aromatic carbocycles. The van der Waals surface area contributed by atoms with Crippen molar-refractivity contribution >= 4 is 22.6 Å². The Morgan fingerprint density at radius 3 is 2.39 bits per heavy atom. The molecule has 0 N–H and O–H groups in total. The number of benzene rings is 3. The molecule has 0 aliphatic heterocycles. The third-order valence-corrected chi connectivity index (χ3v) is 5.07. The fraction of sp³-hybridized carbons (Fsp3) is 0.120. The van der Waals surface area contributed by atoms with E-state index in [1.807, 2.05) is 32.0 Å². The van der Waals surface area contributed by atoms with Crippen LogP contribution in [-0.4, -0.2) is 10.9 Å². The predicted octanol–water partition coefficient (Wildman–Crippen LogP) is 5.64. The second kappa shape index (κ2) is 8.58. The molecule has 0 bridgehead atoms. The quantitative estimate of drug-likeness (QED) is 0.169. The third kappa shape index (κ3) is 4.45. The lowest BCUT2D eigenvalue weighted by molar-refractivity contribution is -0.385. The Kier molecular flexibility index (Phi) is 5.66. The number of hydrogen-bond acceptors (Lipinski definition) is 7. The number of ether oxygens (including phenoxy) is 2. The molecular weight excluding hydrogens is 426 g/mol. The maximum Gasteiger partial charge on any atom is 0.344 e. The van der Waals surface area contributed by atoms with Crippen LogP contribution in [-0.2, 0) is 0 Å². The molecule has 4 rings (SSSR count). The molecule has 0 aliphatic rings. The van der Waals surface area contributed by atoms with Crippen molar-refractivity contribution in [3.63, 3.8) is 0 Å². The van der Waals surface area contributed by atoms with Crippen molar-refractivity contribution in [2.45, 2.75) is 20.8 Å². The molecule has 0 saturated carbocycles. The Hall–Kier alpha value is -4.46. The van der Waals surface area contributed by atoms with Gasteiger partial charge in [0, 0.05) is 17.7 Å². The molecule has 0 amide bonds. The number of rotatable bonds is 5. The van der Waals surface area contributed by atoms with Crippen molar-refractivity contribution in [2.75, 3.05) is 0 Å². The Bertz CT molecular complexity index is 1450. The minimum Gasteiger partial charge on any atom is -0.460 e. The summed E-state index contributed by atoms with van der Waals surface area (Å²) in [7, 11) is 0. The topological polar surface area (TPSA) is 109 Å².